The number of aromatic nitrogens is 3. The second-order valence-corrected chi connectivity index (χ2v) is 4.23. The van der Waals surface area contributed by atoms with E-state index in [1.54, 1.807) is 13.2 Å². The van der Waals surface area contributed by atoms with Gasteiger partial charge in [0.1, 0.15) is 5.82 Å². The van der Waals surface area contributed by atoms with Crippen LogP contribution in [0.1, 0.15) is 0 Å². The Labute approximate surface area is 90.0 Å². The third-order valence-electron chi connectivity index (χ3n) is 1.61. The lowest BCUT2D eigenvalue weighted by molar-refractivity contribution is 0.985. The standard InChI is InChI=1S/C8H7ClN4S/c1-10-7-4-11-13-8(12-7)5-2-3-6(9)14-5/h2-4H,1H3,(H,10,12,13). The zero-order valence-electron chi connectivity index (χ0n) is 7.36. The number of thiophene rings is 1. The molecule has 0 radical (unpaired) electrons. The first-order valence-corrected chi connectivity index (χ1v) is 5.12. The highest BCUT2D eigenvalue weighted by atomic mass is 35.5. The zero-order chi connectivity index (χ0) is 9.97. The minimum absolute atomic E-state index is 0.591. The van der Waals surface area contributed by atoms with Crippen molar-refractivity contribution in [2.24, 2.45) is 0 Å². The molecule has 0 aromatic carbocycles. The molecule has 0 aliphatic heterocycles. The summed E-state index contributed by atoms with van der Waals surface area (Å²) in [5.74, 6) is 1.29. The van der Waals surface area contributed by atoms with Crippen molar-refractivity contribution in [1.29, 1.82) is 0 Å². The number of anilines is 1. The Kier molecular flexibility index (Phi) is 2.60. The van der Waals surface area contributed by atoms with Gasteiger partial charge in [-0.15, -0.1) is 16.4 Å². The average Bonchev–Trinajstić information content (AvgIpc) is 2.65. The van der Waals surface area contributed by atoms with Crippen molar-refractivity contribution in [2.75, 3.05) is 12.4 Å². The summed E-state index contributed by atoms with van der Waals surface area (Å²) in [7, 11) is 1.79. The average molecular weight is 227 g/mol. The molecule has 0 atom stereocenters. The van der Waals surface area contributed by atoms with Crippen LogP contribution in [0.15, 0.2) is 18.3 Å². The van der Waals surface area contributed by atoms with E-state index >= 15 is 0 Å². The van der Waals surface area contributed by atoms with Gasteiger partial charge >= 0.3 is 0 Å². The molecule has 0 fully saturated rings. The van der Waals surface area contributed by atoms with Gasteiger partial charge in [0, 0.05) is 7.05 Å². The first-order chi connectivity index (χ1) is 6.79. The van der Waals surface area contributed by atoms with E-state index in [0.717, 1.165) is 9.21 Å². The lowest BCUT2D eigenvalue weighted by Crippen LogP contribution is -1.97. The third kappa shape index (κ3) is 1.83. The Balaban J connectivity index is 2.41. The van der Waals surface area contributed by atoms with E-state index in [-0.39, 0.29) is 0 Å². The summed E-state index contributed by atoms with van der Waals surface area (Å²) in [6.45, 7) is 0. The fourth-order valence-corrected chi connectivity index (χ4v) is 1.94. The fraction of sp³-hybridized carbons (Fsp3) is 0.125. The number of nitrogens with zero attached hydrogens (tertiary/aromatic N) is 3. The van der Waals surface area contributed by atoms with E-state index in [1.165, 1.54) is 11.3 Å². The summed E-state index contributed by atoms with van der Waals surface area (Å²) < 4.78 is 0.721. The lowest BCUT2D eigenvalue weighted by Gasteiger charge is -1.98. The lowest BCUT2D eigenvalue weighted by atomic mass is 10.4. The molecule has 2 aromatic rings. The van der Waals surface area contributed by atoms with E-state index in [2.05, 4.69) is 20.5 Å². The fourth-order valence-electron chi connectivity index (χ4n) is 0.963. The van der Waals surface area contributed by atoms with Crippen LogP contribution in [0.2, 0.25) is 4.34 Å². The first-order valence-electron chi connectivity index (χ1n) is 3.93. The Morgan fingerprint density at radius 3 is 2.93 bits per heavy atom. The smallest absolute Gasteiger partial charge is 0.193 e. The number of halogens is 1. The molecule has 0 aliphatic carbocycles. The van der Waals surface area contributed by atoms with Crippen LogP contribution in [-0.4, -0.2) is 22.2 Å². The van der Waals surface area contributed by atoms with Gasteiger partial charge in [-0.3, -0.25) is 0 Å². The quantitative estimate of drug-likeness (QED) is 0.854. The van der Waals surface area contributed by atoms with E-state index < -0.39 is 0 Å². The van der Waals surface area contributed by atoms with Crippen molar-refractivity contribution in [3.05, 3.63) is 22.7 Å². The van der Waals surface area contributed by atoms with Crippen molar-refractivity contribution in [2.45, 2.75) is 0 Å². The van der Waals surface area contributed by atoms with Crippen LogP contribution >= 0.6 is 22.9 Å². The minimum atomic E-state index is 0.591. The summed E-state index contributed by atoms with van der Waals surface area (Å²) in [4.78, 5) is 5.16. The van der Waals surface area contributed by atoms with Gasteiger partial charge in [-0.25, -0.2) is 4.98 Å². The van der Waals surface area contributed by atoms with E-state index in [0.29, 0.717) is 11.6 Å². The molecule has 2 aromatic heterocycles. The highest BCUT2D eigenvalue weighted by Crippen LogP contribution is 2.28. The molecule has 0 unspecified atom stereocenters. The minimum Gasteiger partial charge on any atom is -0.372 e. The second-order valence-electron chi connectivity index (χ2n) is 2.52. The van der Waals surface area contributed by atoms with Crippen LogP contribution in [0.4, 0.5) is 5.82 Å². The highest BCUT2D eigenvalue weighted by molar-refractivity contribution is 7.19. The van der Waals surface area contributed by atoms with Crippen LogP contribution in [0.5, 0.6) is 0 Å². The number of hydrogen-bond acceptors (Lipinski definition) is 5. The Morgan fingerprint density at radius 2 is 2.29 bits per heavy atom. The molecule has 0 aliphatic rings. The SMILES string of the molecule is CNc1cnnc(-c2ccc(Cl)s2)n1. The number of nitrogens with one attached hydrogen (secondary N) is 1. The Morgan fingerprint density at radius 1 is 1.43 bits per heavy atom. The summed E-state index contributed by atoms with van der Waals surface area (Å²) in [5.41, 5.74) is 0. The molecule has 14 heavy (non-hydrogen) atoms. The molecule has 0 amide bonds. The summed E-state index contributed by atoms with van der Waals surface area (Å²) in [6, 6.07) is 3.69. The molecule has 0 bridgehead atoms. The van der Waals surface area contributed by atoms with Crippen LogP contribution in [0.3, 0.4) is 0 Å². The third-order valence-corrected chi connectivity index (χ3v) is 2.84. The van der Waals surface area contributed by atoms with Crippen LogP contribution in [0.25, 0.3) is 10.7 Å². The molecule has 6 heteroatoms. The predicted molar refractivity (Wildman–Crippen MR) is 57.7 cm³/mol. The van der Waals surface area contributed by atoms with E-state index in [1.807, 2.05) is 12.1 Å². The zero-order valence-corrected chi connectivity index (χ0v) is 8.93. The predicted octanol–water partition coefficient (Wildman–Crippen LogP) is 2.30. The maximum Gasteiger partial charge on any atom is 0.193 e. The van der Waals surface area contributed by atoms with Gasteiger partial charge in [-0.2, -0.15) is 5.10 Å². The molecular formula is C8H7ClN4S. The van der Waals surface area contributed by atoms with Crippen molar-refractivity contribution < 1.29 is 0 Å². The molecule has 2 heterocycles. The van der Waals surface area contributed by atoms with Gasteiger partial charge in [0.05, 0.1) is 15.4 Å². The first kappa shape index (κ1) is 9.36. The van der Waals surface area contributed by atoms with Gasteiger partial charge in [-0.05, 0) is 12.1 Å². The van der Waals surface area contributed by atoms with Crippen molar-refractivity contribution in [3.63, 3.8) is 0 Å². The second kappa shape index (κ2) is 3.89. The van der Waals surface area contributed by atoms with E-state index in [4.69, 9.17) is 11.6 Å². The number of rotatable bonds is 2. The maximum absolute atomic E-state index is 5.81. The highest BCUT2D eigenvalue weighted by Gasteiger charge is 2.05. The topological polar surface area (TPSA) is 50.7 Å². The van der Waals surface area contributed by atoms with Crippen molar-refractivity contribution in [3.8, 4) is 10.7 Å². The van der Waals surface area contributed by atoms with Gasteiger partial charge in [-0.1, -0.05) is 11.6 Å². The Hall–Kier alpha value is -1.20. The molecule has 2 rings (SSSR count). The summed E-state index contributed by atoms with van der Waals surface area (Å²) >= 11 is 7.24. The molecule has 0 spiro atoms. The van der Waals surface area contributed by atoms with E-state index in [9.17, 15) is 0 Å². The monoisotopic (exact) mass is 226 g/mol. The molecule has 0 saturated carbocycles. The van der Waals surface area contributed by atoms with Crippen LogP contribution in [0, 0.1) is 0 Å². The molecule has 4 nitrogen and oxygen atoms in total. The number of hydrogen-bond donors (Lipinski definition) is 1. The molecule has 1 N–H and O–H groups in total. The van der Waals surface area contributed by atoms with Gasteiger partial charge in [0.15, 0.2) is 5.82 Å². The molecular weight excluding hydrogens is 220 g/mol. The normalized spacial score (nSPS) is 10.1. The van der Waals surface area contributed by atoms with Gasteiger partial charge in [0.2, 0.25) is 0 Å². The van der Waals surface area contributed by atoms with Crippen LogP contribution in [-0.2, 0) is 0 Å². The Bertz CT molecular complexity index is 442. The van der Waals surface area contributed by atoms with Gasteiger partial charge < -0.3 is 5.32 Å². The van der Waals surface area contributed by atoms with Crippen molar-refractivity contribution in [1.82, 2.24) is 15.2 Å². The van der Waals surface area contributed by atoms with Crippen molar-refractivity contribution >= 4 is 28.8 Å². The van der Waals surface area contributed by atoms with Gasteiger partial charge in [0.25, 0.3) is 0 Å². The molecule has 0 saturated heterocycles. The largest absolute Gasteiger partial charge is 0.372 e. The summed E-state index contributed by atoms with van der Waals surface area (Å²) in [5, 5.41) is 10.7. The summed E-state index contributed by atoms with van der Waals surface area (Å²) in [6.07, 6.45) is 1.57. The molecule has 72 valence electrons. The van der Waals surface area contributed by atoms with Crippen LogP contribution < -0.4 is 5.32 Å². The maximum atomic E-state index is 5.81.